The predicted octanol–water partition coefficient (Wildman–Crippen LogP) is 2.64. The van der Waals surface area contributed by atoms with Crippen LogP contribution in [0.1, 0.15) is 17.5 Å². The lowest BCUT2D eigenvalue weighted by molar-refractivity contribution is -0.139. The second-order valence-corrected chi connectivity index (χ2v) is 8.24. The number of ether oxygens (including phenoxy) is 1. The molecule has 8 heteroatoms. The summed E-state index contributed by atoms with van der Waals surface area (Å²) in [6.07, 6.45) is 1.73. The van der Waals surface area contributed by atoms with Gasteiger partial charge in [-0.3, -0.25) is 0 Å². The minimum absolute atomic E-state index is 0.172. The molecule has 0 bridgehead atoms. The first-order valence-electron chi connectivity index (χ1n) is 8.08. The van der Waals surface area contributed by atoms with E-state index in [9.17, 15) is 13.2 Å². The third-order valence-electron chi connectivity index (χ3n) is 4.24. The highest BCUT2D eigenvalue weighted by Crippen LogP contribution is 2.30. The number of nitrogens with one attached hydrogen (secondary N) is 1. The van der Waals surface area contributed by atoms with E-state index in [1.807, 2.05) is 6.07 Å². The van der Waals surface area contributed by atoms with Crippen LogP contribution in [0.2, 0.25) is 5.02 Å². The fraction of sp³-hybridized carbons (Fsp3) is 0.278. The fourth-order valence-electron chi connectivity index (χ4n) is 3.05. The van der Waals surface area contributed by atoms with Crippen LogP contribution in [0, 0.1) is 0 Å². The van der Waals surface area contributed by atoms with E-state index in [4.69, 9.17) is 21.4 Å². The Kier molecular flexibility index (Phi) is 5.50. The molecule has 0 aliphatic heterocycles. The summed E-state index contributed by atoms with van der Waals surface area (Å²) in [6.45, 7) is -0.400. The van der Waals surface area contributed by atoms with Crippen molar-refractivity contribution in [1.82, 2.24) is 4.72 Å². The van der Waals surface area contributed by atoms with E-state index in [2.05, 4.69) is 4.72 Å². The molecule has 1 aliphatic carbocycles. The first-order valence-corrected chi connectivity index (χ1v) is 9.94. The number of carboxylic acid groups (broad SMARTS) is 1. The summed E-state index contributed by atoms with van der Waals surface area (Å²) in [5.74, 6) is -0.490. The first-order chi connectivity index (χ1) is 12.3. The number of hydrogen-bond acceptors (Lipinski definition) is 4. The van der Waals surface area contributed by atoms with Crippen molar-refractivity contribution in [2.24, 2.45) is 0 Å². The van der Waals surface area contributed by atoms with Crippen LogP contribution in [0.4, 0.5) is 0 Å². The third kappa shape index (κ3) is 4.35. The molecule has 138 valence electrons. The maximum atomic E-state index is 12.5. The van der Waals surface area contributed by atoms with Crippen LogP contribution in [0.3, 0.4) is 0 Å². The van der Waals surface area contributed by atoms with Crippen LogP contribution in [-0.2, 0) is 27.7 Å². The fourth-order valence-corrected chi connectivity index (χ4v) is 4.45. The van der Waals surface area contributed by atoms with Crippen LogP contribution >= 0.6 is 11.6 Å². The van der Waals surface area contributed by atoms with Gasteiger partial charge in [0.1, 0.15) is 5.75 Å². The normalized spacial score (nSPS) is 16.7. The van der Waals surface area contributed by atoms with E-state index in [1.54, 1.807) is 24.3 Å². The molecule has 1 unspecified atom stereocenters. The van der Waals surface area contributed by atoms with Crippen LogP contribution in [0.5, 0.6) is 5.75 Å². The monoisotopic (exact) mass is 395 g/mol. The average molecular weight is 396 g/mol. The molecule has 0 saturated heterocycles. The number of rotatable bonds is 6. The van der Waals surface area contributed by atoms with Gasteiger partial charge in [-0.2, -0.15) is 0 Å². The molecule has 2 aromatic rings. The smallest absolute Gasteiger partial charge is 0.341 e. The van der Waals surface area contributed by atoms with Gasteiger partial charge < -0.3 is 9.84 Å². The number of benzene rings is 2. The van der Waals surface area contributed by atoms with E-state index in [0.717, 1.165) is 11.1 Å². The lowest BCUT2D eigenvalue weighted by Crippen LogP contribution is -2.38. The summed E-state index contributed by atoms with van der Waals surface area (Å²) in [5, 5.41) is 9.24. The number of hydrogen-bond donors (Lipinski definition) is 2. The zero-order valence-corrected chi connectivity index (χ0v) is 15.4. The van der Waals surface area contributed by atoms with Crippen molar-refractivity contribution in [2.75, 3.05) is 6.61 Å². The Balaban J connectivity index is 1.73. The second kappa shape index (κ2) is 7.65. The molecule has 0 spiro atoms. The van der Waals surface area contributed by atoms with E-state index in [1.165, 1.54) is 12.1 Å². The highest BCUT2D eigenvalue weighted by molar-refractivity contribution is 7.89. The number of fused-ring (bicyclic) bond motifs is 1. The van der Waals surface area contributed by atoms with Crippen molar-refractivity contribution in [1.29, 1.82) is 0 Å². The zero-order chi connectivity index (χ0) is 18.7. The topological polar surface area (TPSA) is 92.7 Å². The molecule has 0 heterocycles. The lowest BCUT2D eigenvalue weighted by Gasteiger charge is -2.26. The van der Waals surface area contributed by atoms with Gasteiger partial charge in [0.15, 0.2) is 6.61 Å². The van der Waals surface area contributed by atoms with E-state index < -0.39 is 22.6 Å². The van der Waals surface area contributed by atoms with Crippen molar-refractivity contribution in [3.05, 3.63) is 58.6 Å². The molecular formula is C18H18ClNO5S. The molecule has 2 N–H and O–H groups in total. The summed E-state index contributed by atoms with van der Waals surface area (Å²) < 4.78 is 33.1. The van der Waals surface area contributed by atoms with Gasteiger partial charge in [0, 0.05) is 11.1 Å². The summed E-state index contributed by atoms with van der Waals surface area (Å²) >= 11 is 5.81. The molecule has 0 aromatic heterocycles. The van der Waals surface area contributed by atoms with E-state index >= 15 is 0 Å². The largest absolute Gasteiger partial charge is 0.482 e. The lowest BCUT2D eigenvalue weighted by atomic mass is 9.88. The van der Waals surface area contributed by atoms with Crippen molar-refractivity contribution in [3.8, 4) is 5.75 Å². The third-order valence-corrected chi connectivity index (χ3v) is 6.02. The molecular weight excluding hydrogens is 378 g/mol. The van der Waals surface area contributed by atoms with Crippen LogP contribution < -0.4 is 9.46 Å². The van der Waals surface area contributed by atoms with Gasteiger partial charge in [-0.15, -0.1) is 0 Å². The minimum Gasteiger partial charge on any atom is -0.482 e. The molecule has 0 amide bonds. The van der Waals surface area contributed by atoms with Gasteiger partial charge in [-0.25, -0.2) is 17.9 Å². The Labute approximate surface area is 156 Å². The quantitative estimate of drug-likeness (QED) is 0.784. The van der Waals surface area contributed by atoms with Crippen molar-refractivity contribution >= 4 is 27.6 Å². The number of carbonyl (C=O) groups is 1. The van der Waals surface area contributed by atoms with E-state index in [-0.39, 0.29) is 10.9 Å². The molecule has 2 aromatic carbocycles. The van der Waals surface area contributed by atoms with Crippen molar-refractivity contribution in [3.63, 3.8) is 0 Å². The number of halogens is 1. The molecule has 26 heavy (non-hydrogen) atoms. The van der Waals surface area contributed by atoms with Gasteiger partial charge in [0.2, 0.25) is 10.0 Å². The zero-order valence-electron chi connectivity index (χ0n) is 13.8. The number of aliphatic carboxylic acids is 1. The van der Waals surface area contributed by atoms with Gasteiger partial charge in [0.25, 0.3) is 0 Å². The second-order valence-electron chi connectivity index (χ2n) is 6.09. The summed E-state index contributed by atoms with van der Waals surface area (Å²) in [4.78, 5) is 10.9. The van der Waals surface area contributed by atoms with Crippen LogP contribution in [-0.4, -0.2) is 32.1 Å². The molecule has 0 fully saturated rings. The Morgan fingerprint density at radius 2 is 1.96 bits per heavy atom. The van der Waals surface area contributed by atoms with Gasteiger partial charge >= 0.3 is 5.97 Å². The van der Waals surface area contributed by atoms with Gasteiger partial charge in [-0.05, 0) is 60.7 Å². The summed E-state index contributed by atoms with van der Waals surface area (Å²) in [7, 11) is -3.63. The SMILES string of the molecule is O=C(O)COc1cccc2c1CCC(NS(=O)(=O)c1ccc(Cl)cc1)C2. The molecule has 0 radical (unpaired) electrons. The molecule has 1 aliphatic rings. The number of sulfonamides is 1. The Morgan fingerprint density at radius 3 is 2.65 bits per heavy atom. The first kappa shape index (κ1) is 18.7. The van der Waals surface area contributed by atoms with Crippen LogP contribution in [0.15, 0.2) is 47.4 Å². The van der Waals surface area contributed by atoms with E-state index in [0.29, 0.717) is 30.0 Å². The highest BCUT2D eigenvalue weighted by atomic mass is 35.5. The molecule has 0 saturated carbocycles. The Hall–Kier alpha value is -2.09. The summed E-state index contributed by atoms with van der Waals surface area (Å²) in [5.41, 5.74) is 1.90. The maximum Gasteiger partial charge on any atom is 0.341 e. The Morgan fingerprint density at radius 1 is 1.23 bits per heavy atom. The molecule has 6 nitrogen and oxygen atoms in total. The minimum atomic E-state index is -3.63. The molecule has 3 rings (SSSR count). The standard InChI is InChI=1S/C18H18ClNO5S/c19-13-4-7-15(8-5-13)26(23,24)20-14-6-9-16-12(10-14)2-1-3-17(16)25-11-18(21)22/h1-5,7-8,14,20H,6,9-11H2,(H,21,22). The van der Waals surface area contributed by atoms with Gasteiger partial charge in [-0.1, -0.05) is 23.7 Å². The predicted molar refractivity (Wildman–Crippen MR) is 97.2 cm³/mol. The molecule has 1 atom stereocenters. The van der Waals surface area contributed by atoms with Crippen LogP contribution in [0.25, 0.3) is 0 Å². The van der Waals surface area contributed by atoms with Crippen molar-refractivity contribution < 1.29 is 23.1 Å². The van der Waals surface area contributed by atoms with Gasteiger partial charge in [0.05, 0.1) is 4.90 Å². The Bertz CT molecular complexity index is 912. The maximum absolute atomic E-state index is 12.5. The van der Waals surface area contributed by atoms with Crippen molar-refractivity contribution in [2.45, 2.75) is 30.2 Å². The number of carboxylic acids is 1. The summed E-state index contributed by atoms with van der Waals surface area (Å²) in [6, 6.07) is 11.2. The highest BCUT2D eigenvalue weighted by Gasteiger charge is 2.26. The average Bonchev–Trinajstić information content (AvgIpc) is 2.59.